The number of hydrogen-bond acceptors (Lipinski definition) is 9. The van der Waals surface area contributed by atoms with Crippen LogP contribution in [0.5, 0.6) is 0 Å². The van der Waals surface area contributed by atoms with Crippen molar-refractivity contribution in [3.63, 3.8) is 0 Å². The Hall–Kier alpha value is -1.09. The Kier molecular flexibility index (Phi) is 7.12. The van der Waals surface area contributed by atoms with E-state index < -0.39 is 82.8 Å². The Balaban J connectivity index is 1.55. The van der Waals surface area contributed by atoms with Crippen molar-refractivity contribution in [2.75, 3.05) is 13.2 Å². The minimum Gasteiger partial charge on any atom is -0.464 e. The first-order valence-electron chi connectivity index (χ1n) is 10.1. The highest BCUT2D eigenvalue weighted by Crippen LogP contribution is 2.62. The molecule has 0 aromatic carbocycles. The number of ether oxygens (including phenoxy) is 3. The molecule has 7 atom stereocenters. The maximum absolute atomic E-state index is 13.4. The van der Waals surface area contributed by atoms with Crippen LogP contribution in [0.4, 0.5) is 13.2 Å². The van der Waals surface area contributed by atoms with Gasteiger partial charge in [-0.1, -0.05) is 13.8 Å². The Bertz CT molecular complexity index is 849. The molecule has 2 bridgehead atoms. The number of alkyl halides is 3. The van der Waals surface area contributed by atoms with Gasteiger partial charge in [-0.05, 0) is 12.8 Å². The van der Waals surface area contributed by atoms with Crippen LogP contribution in [0.15, 0.2) is 0 Å². The van der Waals surface area contributed by atoms with Crippen LogP contribution < -0.4 is 0 Å². The third-order valence-corrected chi connectivity index (χ3v) is 9.18. The first-order valence-corrected chi connectivity index (χ1v) is 12.5. The molecule has 3 heterocycles. The first-order chi connectivity index (χ1) is 14.8. The molecule has 14 heteroatoms. The van der Waals surface area contributed by atoms with Gasteiger partial charge in [0, 0.05) is 17.6 Å². The fourth-order valence-corrected chi connectivity index (χ4v) is 7.29. The lowest BCUT2D eigenvalue weighted by Crippen LogP contribution is -2.53. The van der Waals surface area contributed by atoms with Crippen LogP contribution in [0.1, 0.15) is 33.1 Å². The van der Waals surface area contributed by atoms with E-state index in [1.165, 1.54) is 11.8 Å². The van der Waals surface area contributed by atoms with Crippen LogP contribution in [0, 0.1) is 11.8 Å². The zero-order valence-electron chi connectivity index (χ0n) is 17.3. The molecule has 3 aliphatic rings. The number of hydrogen-bond donors (Lipinski definition) is 2. The van der Waals surface area contributed by atoms with Crippen molar-refractivity contribution in [3.05, 3.63) is 0 Å². The second-order valence-corrected chi connectivity index (χ2v) is 11.0. The maximum atomic E-state index is 13.4. The van der Waals surface area contributed by atoms with Gasteiger partial charge in [0.1, 0.15) is 18.8 Å². The van der Waals surface area contributed by atoms with Crippen molar-refractivity contribution in [2.45, 2.75) is 72.8 Å². The molecule has 32 heavy (non-hydrogen) atoms. The number of carbonyl (C=O) groups excluding carboxylic acids is 2. The van der Waals surface area contributed by atoms with E-state index in [0.29, 0.717) is 12.8 Å². The Morgan fingerprint density at radius 3 is 2.47 bits per heavy atom. The molecule has 3 fully saturated rings. The average Bonchev–Trinajstić information content (AvgIpc) is 3.33. The van der Waals surface area contributed by atoms with Gasteiger partial charge in [-0.15, -0.1) is 11.8 Å². The van der Waals surface area contributed by atoms with Gasteiger partial charge in [0.05, 0.1) is 23.4 Å². The van der Waals surface area contributed by atoms with Crippen molar-refractivity contribution >= 4 is 33.8 Å². The molecule has 0 saturated carbocycles. The molecular formula is C18H25F3O9S2. The predicted octanol–water partition coefficient (Wildman–Crippen LogP) is 1.33. The van der Waals surface area contributed by atoms with Gasteiger partial charge in [0.25, 0.3) is 0 Å². The number of rotatable bonds is 11. The van der Waals surface area contributed by atoms with Crippen molar-refractivity contribution in [1.29, 1.82) is 0 Å². The third kappa shape index (κ3) is 4.24. The van der Waals surface area contributed by atoms with E-state index in [9.17, 15) is 36.3 Å². The minimum absolute atomic E-state index is 0.210. The molecule has 0 aromatic heterocycles. The zero-order chi connectivity index (χ0) is 24.1. The summed E-state index contributed by atoms with van der Waals surface area (Å²) in [6.07, 6.45) is -4.88. The van der Waals surface area contributed by atoms with Gasteiger partial charge in [0.15, 0.2) is 6.17 Å². The normalized spacial score (nSPS) is 32.8. The summed E-state index contributed by atoms with van der Waals surface area (Å²) in [5, 5.41) is 5.51. The summed E-state index contributed by atoms with van der Waals surface area (Å²) in [4.78, 5) is 24.3. The number of carbonyl (C=O) groups is 2. The number of fused-ring (bicyclic) bond motifs is 1. The van der Waals surface area contributed by atoms with E-state index in [2.05, 4.69) is 4.74 Å². The lowest BCUT2D eigenvalue weighted by Gasteiger charge is -2.40. The quantitative estimate of drug-likeness (QED) is 0.312. The second kappa shape index (κ2) is 8.93. The highest BCUT2D eigenvalue weighted by molar-refractivity contribution is 8.01. The molecule has 7 unspecified atom stereocenters. The van der Waals surface area contributed by atoms with Crippen LogP contribution in [0.2, 0.25) is 0 Å². The standard InChI is InChI=1S/C18H25F3O9S2/c1-3-17(24,4-2)11-10-14-13(30-16(10)23)12(15(11)31-14)29-7-9(22)28-6-5-8(19)18(20,21)32(25,26)27/h8,10-15,24H,3-7H2,1-2H3,(H,25,26,27). The van der Waals surface area contributed by atoms with Gasteiger partial charge in [-0.25, -0.2) is 9.18 Å². The molecular weight excluding hydrogens is 481 g/mol. The van der Waals surface area contributed by atoms with Crippen molar-refractivity contribution < 1.29 is 55.0 Å². The van der Waals surface area contributed by atoms with Crippen molar-refractivity contribution in [3.8, 4) is 0 Å². The molecule has 0 radical (unpaired) electrons. The maximum Gasteiger partial charge on any atom is 0.400 e. The van der Waals surface area contributed by atoms with Gasteiger partial charge < -0.3 is 19.3 Å². The van der Waals surface area contributed by atoms with Crippen LogP contribution >= 0.6 is 11.8 Å². The molecule has 0 spiro atoms. The summed E-state index contributed by atoms with van der Waals surface area (Å²) < 4.78 is 84.8. The predicted molar refractivity (Wildman–Crippen MR) is 104 cm³/mol. The lowest BCUT2D eigenvalue weighted by atomic mass is 9.67. The third-order valence-electron chi connectivity index (χ3n) is 6.49. The first kappa shape index (κ1) is 25.5. The number of thioether (sulfide) groups is 1. The fourth-order valence-electron chi connectivity index (χ4n) is 4.69. The van der Waals surface area contributed by atoms with Gasteiger partial charge in [-0.3, -0.25) is 9.35 Å². The Morgan fingerprint density at radius 1 is 1.28 bits per heavy atom. The highest BCUT2D eigenvalue weighted by atomic mass is 32.2. The number of esters is 2. The summed E-state index contributed by atoms with van der Waals surface area (Å²) in [5.41, 5.74) is -1.11. The van der Waals surface area contributed by atoms with Crippen LogP contribution in [-0.4, -0.2) is 83.0 Å². The molecule has 3 saturated heterocycles. The molecule has 0 aliphatic carbocycles. The van der Waals surface area contributed by atoms with Gasteiger partial charge >= 0.3 is 27.3 Å². The van der Waals surface area contributed by atoms with E-state index in [1.54, 1.807) is 0 Å². The minimum atomic E-state index is -5.95. The van der Waals surface area contributed by atoms with Crippen LogP contribution in [-0.2, 0) is 33.9 Å². The average molecular weight is 507 g/mol. The molecule has 3 rings (SSSR count). The molecule has 3 aliphatic heterocycles. The summed E-state index contributed by atoms with van der Waals surface area (Å²) in [7, 11) is -5.95. The van der Waals surface area contributed by atoms with E-state index >= 15 is 0 Å². The Morgan fingerprint density at radius 2 is 1.91 bits per heavy atom. The van der Waals surface area contributed by atoms with Crippen molar-refractivity contribution in [2.24, 2.45) is 11.8 Å². The lowest BCUT2D eigenvalue weighted by molar-refractivity contribution is -0.156. The smallest absolute Gasteiger partial charge is 0.400 e. The van der Waals surface area contributed by atoms with Crippen LogP contribution in [0.3, 0.4) is 0 Å². The van der Waals surface area contributed by atoms with E-state index in [0.717, 1.165) is 0 Å². The van der Waals surface area contributed by atoms with Crippen molar-refractivity contribution in [1.82, 2.24) is 0 Å². The SMILES string of the molecule is CCC(O)(CC)C1C2SC3C(OC(=O)C31)C2OCC(=O)OCCC(F)C(F)(F)S(=O)(=O)O. The molecule has 0 aromatic rings. The monoisotopic (exact) mass is 506 g/mol. The summed E-state index contributed by atoms with van der Waals surface area (Å²) in [6, 6.07) is 0. The number of halogens is 3. The van der Waals surface area contributed by atoms with Gasteiger partial charge in [-0.2, -0.15) is 17.2 Å². The summed E-state index contributed by atoms with van der Waals surface area (Å²) in [6.45, 7) is 2.13. The largest absolute Gasteiger partial charge is 0.464 e. The van der Waals surface area contributed by atoms with E-state index in [1.807, 2.05) is 13.8 Å². The molecule has 0 amide bonds. The van der Waals surface area contributed by atoms with E-state index in [4.69, 9.17) is 14.0 Å². The van der Waals surface area contributed by atoms with Gasteiger partial charge in [0.2, 0.25) is 0 Å². The van der Waals surface area contributed by atoms with E-state index in [-0.39, 0.29) is 10.5 Å². The topological polar surface area (TPSA) is 136 Å². The molecule has 2 N–H and O–H groups in total. The number of aliphatic hydroxyl groups is 1. The second-order valence-electron chi connectivity index (χ2n) is 8.12. The Labute approximate surface area is 187 Å². The highest BCUT2D eigenvalue weighted by Gasteiger charge is 2.71. The molecule has 9 nitrogen and oxygen atoms in total. The summed E-state index contributed by atoms with van der Waals surface area (Å²) in [5.74, 6) is -2.31. The fraction of sp³-hybridized carbons (Fsp3) is 0.889. The van der Waals surface area contributed by atoms with Crippen LogP contribution in [0.25, 0.3) is 0 Å². The summed E-state index contributed by atoms with van der Waals surface area (Å²) >= 11 is 1.47. The molecule has 184 valence electrons. The zero-order valence-corrected chi connectivity index (χ0v) is 18.9.